The molecule has 1 aliphatic rings. The number of hydrogen-bond acceptors (Lipinski definition) is 4. The fourth-order valence-electron chi connectivity index (χ4n) is 2.49. The van der Waals surface area contributed by atoms with Gasteiger partial charge in [-0.05, 0) is 49.9 Å². The molecule has 2 N–H and O–H groups in total. The van der Waals surface area contributed by atoms with Crippen LogP contribution in [0.4, 0.5) is 11.6 Å². The van der Waals surface area contributed by atoms with Gasteiger partial charge in [0.1, 0.15) is 5.75 Å². The topological polar surface area (TPSA) is 67.0 Å². The second-order valence-corrected chi connectivity index (χ2v) is 5.19. The summed E-state index contributed by atoms with van der Waals surface area (Å²) in [4.78, 5) is 19.2. The van der Waals surface area contributed by atoms with Crippen LogP contribution in [0.3, 0.4) is 0 Å². The van der Waals surface area contributed by atoms with Crippen LogP contribution in [-0.2, 0) is 12.8 Å². The number of fused-ring (bicyclic) bond motifs is 1. The van der Waals surface area contributed by atoms with Crippen molar-refractivity contribution in [2.45, 2.75) is 32.6 Å². The largest absolute Gasteiger partial charge is 0.494 e. The molecule has 0 aliphatic heterocycles. The summed E-state index contributed by atoms with van der Waals surface area (Å²) in [6.45, 7) is 2.79. The third-order valence-corrected chi connectivity index (χ3v) is 3.53. The van der Waals surface area contributed by atoms with Crippen LogP contribution >= 0.6 is 0 Å². The Morgan fingerprint density at radius 3 is 2.86 bits per heavy atom. The first-order valence-corrected chi connectivity index (χ1v) is 7.38. The quantitative estimate of drug-likeness (QED) is 0.886. The lowest BCUT2D eigenvalue weighted by Gasteiger charge is -2.08. The minimum Gasteiger partial charge on any atom is -0.494 e. The minimum absolute atomic E-state index is 0.0251. The molecule has 0 unspecified atom stereocenters. The first kappa shape index (κ1) is 13.7. The van der Waals surface area contributed by atoms with Crippen molar-refractivity contribution in [1.29, 1.82) is 0 Å². The van der Waals surface area contributed by atoms with Gasteiger partial charge in [0.25, 0.3) is 5.56 Å². The lowest BCUT2D eigenvalue weighted by molar-refractivity contribution is 0.317. The van der Waals surface area contributed by atoms with Crippen molar-refractivity contribution in [3.63, 3.8) is 0 Å². The lowest BCUT2D eigenvalue weighted by atomic mass is 10.2. The smallest absolute Gasteiger partial charge is 0.255 e. The summed E-state index contributed by atoms with van der Waals surface area (Å²) < 4.78 is 5.54. The van der Waals surface area contributed by atoms with E-state index in [1.807, 2.05) is 24.3 Å². The van der Waals surface area contributed by atoms with Crippen LogP contribution in [0.1, 0.15) is 31.0 Å². The molecule has 0 spiro atoms. The average Bonchev–Trinajstić information content (AvgIpc) is 2.95. The van der Waals surface area contributed by atoms with E-state index in [4.69, 9.17) is 4.74 Å². The molecule has 0 atom stereocenters. The van der Waals surface area contributed by atoms with Crippen LogP contribution in [-0.4, -0.2) is 16.6 Å². The molecule has 0 radical (unpaired) electrons. The molecule has 1 heterocycles. The molecule has 1 aliphatic carbocycles. The monoisotopic (exact) mass is 285 g/mol. The number of nitrogens with one attached hydrogen (secondary N) is 2. The Labute approximate surface area is 123 Å². The number of anilines is 2. The van der Waals surface area contributed by atoms with E-state index in [-0.39, 0.29) is 5.56 Å². The van der Waals surface area contributed by atoms with Crippen LogP contribution in [0, 0.1) is 0 Å². The molecule has 0 saturated carbocycles. The molecule has 5 nitrogen and oxygen atoms in total. The zero-order valence-corrected chi connectivity index (χ0v) is 12.1. The second kappa shape index (κ2) is 5.99. The SMILES string of the molecule is CCCOc1ccc(Nc2nc3c(c(=O)[nH]2)CCC3)cc1. The molecule has 0 fully saturated rings. The number of aryl methyl sites for hydroxylation is 1. The Kier molecular flexibility index (Phi) is 3.90. The maximum atomic E-state index is 11.9. The summed E-state index contributed by atoms with van der Waals surface area (Å²) in [5.74, 6) is 1.35. The molecule has 0 saturated heterocycles. The van der Waals surface area contributed by atoms with Crippen LogP contribution < -0.4 is 15.6 Å². The van der Waals surface area contributed by atoms with Crippen LogP contribution in [0.5, 0.6) is 5.75 Å². The lowest BCUT2D eigenvalue weighted by Crippen LogP contribution is -2.16. The van der Waals surface area contributed by atoms with Gasteiger partial charge in [-0.15, -0.1) is 0 Å². The third kappa shape index (κ3) is 3.07. The maximum absolute atomic E-state index is 11.9. The average molecular weight is 285 g/mol. The normalized spacial score (nSPS) is 13.0. The molecule has 1 aromatic heterocycles. The molecular formula is C16H19N3O2. The summed E-state index contributed by atoms with van der Waals surface area (Å²) in [6.07, 6.45) is 3.72. The molecule has 1 aromatic carbocycles. The van der Waals surface area contributed by atoms with Crippen molar-refractivity contribution in [3.05, 3.63) is 45.9 Å². The van der Waals surface area contributed by atoms with Gasteiger partial charge in [-0.2, -0.15) is 0 Å². The Morgan fingerprint density at radius 1 is 1.29 bits per heavy atom. The highest BCUT2D eigenvalue weighted by molar-refractivity contribution is 5.54. The number of nitrogens with zero attached hydrogens (tertiary/aromatic N) is 1. The van der Waals surface area contributed by atoms with Crippen molar-refractivity contribution in [2.75, 3.05) is 11.9 Å². The van der Waals surface area contributed by atoms with Gasteiger partial charge in [0.2, 0.25) is 5.95 Å². The Morgan fingerprint density at radius 2 is 2.10 bits per heavy atom. The highest BCUT2D eigenvalue weighted by Gasteiger charge is 2.16. The van der Waals surface area contributed by atoms with E-state index >= 15 is 0 Å². The third-order valence-electron chi connectivity index (χ3n) is 3.53. The van der Waals surface area contributed by atoms with Gasteiger partial charge >= 0.3 is 0 Å². The van der Waals surface area contributed by atoms with E-state index in [0.717, 1.165) is 48.4 Å². The van der Waals surface area contributed by atoms with Gasteiger partial charge in [-0.3, -0.25) is 9.78 Å². The number of benzene rings is 1. The van der Waals surface area contributed by atoms with Gasteiger partial charge in [0, 0.05) is 11.3 Å². The Hall–Kier alpha value is -2.30. The molecule has 0 bridgehead atoms. The van der Waals surface area contributed by atoms with Gasteiger partial charge in [-0.1, -0.05) is 6.92 Å². The van der Waals surface area contributed by atoms with Crippen molar-refractivity contribution in [3.8, 4) is 5.75 Å². The number of aromatic amines is 1. The number of rotatable bonds is 5. The zero-order chi connectivity index (χ0) is 14.7. The number of hydrogen-bond donors (Lipinski definition) is 2. The fourth-order valence-corrected chi connectivity index (χ4v) is 2.49. The maximum Gasteiger partial charge on any atom is 0.255 e. The van der Waals surface area contributed by atoms with Gasteiger partial charge in [-0.25, -0.2) is 4.98 Å². The van der Waals surface area contributed by atoms with Crippen LogP contribution in [0.2, 0.25) is 0 Å². The Bertz CT molecular complexity index is 677. The number of aromatic nitrogens is 2. The van der Waals surface area contributed by atoms with Crippen molar-refractivity contribution < 1.29 is 4.74 Å². The van der Waals surface area contributed by atoms with Crippen molar-refractivity contribution in [1.82, 2.24) is 9.97 Å². The van der Waals surface area contributed by atoms with E-state index in [2.05, 4.69) is 22.2 Å². The summed E-state index contributed by atoms with van der Waals surface area (Å²) in [5, 5.41) is 3.14. The molecule has 2 aromatic rings. The molecule has 3 rings (SSSR count). The molecule has 5 heteroatoms. The van der Waals surface area contributed by atoms with Crippen molar-refractivity contribution >= 4 is 11.6 Å². The minimum atomic E-state index is -0.0251. The first-order valence-electron chi connectivity index (χ1n) is 7.38. The van der Waals surface area contributed by atoms with Crippen molar-refractivity contribution in [2.24, 2.45) is 0 Å². The van der Waals surface area contributed by atoms with Gasteiger partial charge in [0.05, 0.1) is 12.3 Å². The molecule has 110 valence electrons. The summed E-state index contributed by atoms with van der Waals surface area (Å²) in [6, 6.07) is 7.64. The van der Waals surface area contributed by atoms with Crippen LogP contribution in [0.15, 0.2) is 29.1 Å². The molecular weight excluding hydrogens is 266 g/mol. The first-order chi connectivity index (χ1) is 10.3. The number of ether oxygens (including phenoxy) is 1. The molecule has 21 heavy (non-hydrogen) atoms. The number of H-pyrrole nitrogens is 1. The highest BCUT2D eigenvalue weighted by atomic mass is 16.5. The Balaban J connectivity index is 1.75. The van der Waals surface area contributed by atoms with E-state index < -0.39 is 0 Å². The zero-order valence-electron chi connectivity index (χ0n) is 12.1. The fraction of sp³-hybridized carbons (Fsp3) is 0.375. The van der Waals surface area contributed by atoms with E-state index in [1.165, 1.54) is 0 Å². The van der Waals surface area contributed by atoms with E-state index in [1.54, 1.807) is 0 Å². The van der Waals surface area contributed by atoms with E-state index in [9.17, 15) is 4.79 Å². The van der Waals surface area contributed by atoms with Crippen LogP contribution in [0.25, 0.3) is 0 Å². The van der Waals surface area contributed by atoms with Gasteiger partial charge in [0.15, 0.2) is 0 Å². The predicted molar refractivity (Wildman–Crippen MR) is 82.4 cm³/mol. The summed E-state index contributed by atoms with van der Waals surface area (Å²) in [5.41, 5.74) is 2.61. The predicted octanol–water partition coefficient (Wildman–Crippen LogP) is 2.79. The second-order valence-electron chi connectivity index (χ2n) is 5.19. The van der Waals surface area contributed by atoms with Gasteiger partial charge < -0.3 is 10.1 Å². The molecule has 0 amide bonds. The van der Waals surface area contributed by atoms with E-state index in [0.29, 0.717) is 12.6 Å². The standard InChI is InChI=1S/C16H19N3O2/c1-2-10-21-12-8-6-11(7-9-12)17-16-18-14-5-3-4-13(14)15(20)19-16/h6-9H,2-5,10H2,1H3,(H2,17,18,19,20). The summed E-state index contributed by atoms with van der Waals surface area (Å²) >= 11 is 0. The highest BCUT2D eigenvalue weighted by Crippen LogP contribution is 2.20. The summed E-state index contributed by atoms with van der Waals surface area (Å²) in [7, 11) is 0.